The molecule has 0 aromatic heterocycles. The molecule has 0 atom stereocenters. The average molecular weight is 597 g/mol. The Morgan fingerprint density at radius 3 is 1.08 bits per heavy atom. The number of hydrogen-bond donors (Lipinski definition) is 7. The summed E-state index contributed by atoms with van der Waals surface area (Å²) in [4.78, 5) is 9.21. The number of nitrogens with one attached hydrogen (secondary N) is 4. The number of aliphatic hydroxyl groups excluding tert-OH is 1. The number of aliphatic hydroxyl groups is 1. The van der Waals surface area contributed by atoms with Crippen LogP contribution >= 0.6 is 0 Å². The van der Waals surface area contributed by atoms with E-state index in [1.165, 1.54) is 0 Å². The van der Waals surface area contributed by atoms with E-state index in [2.05, 4.69) is 35.4 Å². The summed E-state index contributed by atoms with van der Waals surface area (Å²) in [6.45, 7) is 5.23. The van der Waals surface area contributed by atoms with Gasteiger partial charge in [-0.3, -0.25) is 9.68 Å². The minimum absolute atomic E-state index is 0. The fraction of sp³-hybridized carbons (Fsp3) is 1.00. The molecule has 0 heterocycles. The van der Waals surface area contributed by atoms with E-state index in [0.717, 1.165) is 20.3 Å². The lowest BCUT2D eigenvalue weighted by Gasteiger charge is -2.00. The van der Waals surface area contributed by atoms with Crippen molar-refractivity contribution in [3.8, 4) is 0 Å². The van der Waals surface area contributed by atoms with Gasteiger partial charge < -0.3 is 39.8 Å². The van der Waals surface area contributed by atoms with Crippen LogP contribution in [0.1, 0.15) is 59.4 Å². The summed E-state index contributed by atoms with van der Waals surface area (Å²) < 4.78 is 22.9. The monoisotopic (exact) mass is 597 g/mol. The van der Waals surface area contributed by atoms with Crippen LogP contribution < -0.4 is 33.5 Å². The Labute approximate surface area is 248 Å². The van der Waals surface area contributed by atoms with Crippen LogP contribution in [0.15, 0.2) is 0 Å². The number of nitrogens with two attached hydrogens (primary N) is 2. The van der Waals surface area contributed by atoms with E-state index in [1.807, 2.05) is 12.6 Å². The Morgan fingerprint density at radius 1 is 0.564 bits per heavy atom. The van der Waals surface area contributed by atoms with Crippen molar-refractivity contribution in [3.63, 3.8) is 0 Å². The van der Waals surface area contributed by atoms with Crippen LogP contribution in [0.3, 0.4) is 0 Å². The molecule has 0 aliphatic rings. The predicted octanol–water partition coefficient (Wildman–Crippen LogP) is 2.72. The highest BCUT2D eigenvalue weighted by atomic mass is 16.7. The first kappa shape index (κ1) is 90.2. The van der Waals surface area contributed by atoms with Gasteiger partial charge in [-0.25, -0.2) is 11.3 Å². The van der Waals surface area contributed by atoms with Crippen molar-refractivity contribution in [2.75, 3.05) is 117 Å². The lowest BCUT2D eigenvalue weighted by atomic mass is 10.7. The second kappa shape index (κ2) is 146. The molecule has 0 radical (unpaired) electrons. The van der Waals surface area contributed by atoms with Gasteiger partial charge in [0.1, 0.15) is 0 Å². The fourth-order valence-corrected chi connectivity index (χ4v) is 0.754. The van der Waals surface area contributed by atoms with E-state index in [-0.39, 0.29) is 59.4 Å². The zero-order chi connectivity index (χ0) is 25.4. The predicted molar refractivity (Wildman–Crippen MR) is 177 cm³/mol. The third-order valence-electron chi connectivity index (χ3n) is 1.91. The lowest BCUT2D eigenvalue weighted by molar-refractivity contribution is -0.0118. The van der Waals surface area contributed by atoms with Gasteiger partial charge in [-0.15, -0.1) is 11.2 Å². The topological polar surface area (TPSA) is 185 Å². The van der Waals surface area contributed by atoms with E-state index < -0.39 is 0 Å². The first-order valence-corrected chi connectivity index (χ1v) is 9.34. The van der Waals surface area contributed by atoms with Crippen molar-refractivity contribution in [2.45, 2.75) is 59.4 Å². The van der Waals surface area contributed by atoms with Crippen molar-refractivity contribution in [1.82, 2.24) is 21.9 Å². The maximum atomic E-state index is 7.00. The summed E-state index contributed by atoms with van der Waals surface area (Å²) in [5, 5.41) is 9.94. The molecule has 39 heavy (non-hydrogen) atoms. The van der Waals surface area contributed by atoms with Gasteiger partial charge in [0.15, 0.2) is 0 Å². The van der Waals surface area contributed by atoms with Crippen LogP contribution in [0.5, 0.6) is 0 Å². The maximum absolute atomic E-state index is 7.00. The van der Waals surface area contributed by atoms with Crippen LogP contribution in [0.25, 0.3) is 0 Å². The highest BCUT2D eigenvalue weighted by Gasteiger charge is 1.80. The number of likely N-dealkylation sites (N-methyl/N-ethyl adjacent to an activating group) is 1. The second-order valence-electron chi connectivity index (χ2n) is 4.44. The SMILES string of the molecule is C.C.C.C.C.C.C.C.CNCCOC.CNNOCCOC.CO.COC.COCCN.COCCONN. The average Bonchev–Trinajstić information content (AvgIpc) is 2.79. The Balaban J connectivity index is -0.0000000159. The van der Waals surface area contributed by atoms with Gasteiger partial charge in [-0.05, 0) is 7.05 Å². The van der Waals surface area contributed by atoms with Crippen LogP contribution in [0.2, 0.25) is 0 Å². The zero-order valence-corrected chi connectivity index (χ0v) is 21.1. The summed E-state index contributed by atoms with van der Waals surface area (Å²) in [7, 11) is 14.4. The standard InChI is InChI=1S/C4H12N2O2.C4H11NO.C3H10N2O2.C3H9NO.C2H6O.CH4O.8CH4/c1-5-6-8-4-3-7-2;1-5-3-4-6-2;1-6-2-3-7-5-4;1-5-3-2-4;1-3-2;1-2;;;;;;;;/h5-6H,3-4H2,1-2H3;5H,3-4H2,1-2H3;5H,2-4H2,1H3;2-4H2,1H3;1-2H3;2H,1H3;8*1H4. The molecule has 262 valence electrons. The van der Waals surface area contributed by atoms with E-state index >= 15 is 0 Å². The summed E-state index contributed by atoms with van der Waals surface area (Å²) >= 11 is 0. The molecule has 14 nitrogen and oxygen atoms in total. The zero-order valence-electron chi connectivity index (χ0n) is 21.1. The van der Waals surface area contributed by atoms with Crippen LogP contribution in [0, 0.1) is 0 Å². The molecule has 0 aliphatic carbocycles. The molecule has 0 amide bonds. The minimum atomic E-state index is 0. The minimum Gasteiger partial charge on any atom is -0.400 e. The van der Waals surface area contributed by atoms with Crippen molar-refractivity contribution >= 4 is 0 Å². The largest absolute Gasteiger partial charge is 0.400 e. The van der Waals surface area contributed by atoms with Crippen molar-refractivity contribution in [3.05, 3.63) is 0 Å². The Kier molecular flexibility index (Phi) is 338. The summed E-state index contributed by atoms with van der Waals surface area (Å²) in [5.41, 5.74) is 12.1. The van der Waals surface area contributed by atoms with E-state index in [0.29, 0.717) is 39.6 Å². The van der Waals surface area contributed by atoms with Gasteiger partial charge in [0.25, 0.3) is 0 Å². The first-order valence-electron chi connectivity index (χ1n) is 9.34. The number of rotatable bonds is 14. The van der Waals surface area contributed by atoms with Crippen molar-refractivity contribution < 1.29 is 38.5 Å². The molecule has 0 spiro atoms. The molecular formula is C25H84N6O8. The second-order valence-corrected chi connectivity index (χ2v) is 4.44. The third-order valence-corrected chi connectivity index (χ3v) is 1.91. The molecule has 0 rings (SSSR count). The number of methoxy groups -OCH3 is 5. The highest BCUT2D eigenvalue weighted by molar-refractivity contribution is 4.30. The molecular weight excluding hydrogens is 512 g/mol. The molecule has 0 aromatic rings. The lowest BCUT2D eigenvalue weighted by Crippen LogP contribution is -2.28. The van der Waals surface area contributed by atoms with Crippen LogP contribution in [-0.4, -0.2) is 122 Å². The van der Waals surface area contributed by atoms with E-state index in [1.54, 1.807) is 49.7 Å². The fourth-order valence-electron chi connectivity index (χ4n) is 0.754. The summed E-state index contributed by atoms with van der Waals surface area (Å²) in [6.07, 6.45) is 0. The van der Waals surface area contributed by atoms with Crippen LogP contribution in [0.4, 0.5) is 0 Å². The van der Waals surface area contributed by atoms with E-state index in [9.17, 15) is 0 Å². The summed E-state index contributed by atoms with van der Waals surface area (Å²) in [5.74, 6) is 4.74. The molecule has 0 unspecified atom stereocenters. The smallest absolute Gasteiger partial charge is 0.0932 e. The Bertz CT molecular complexity index is 196. The highest BCUT2D eigenvalue weighted by Crippen LogP contribution is 1.66. The van der Waals surface area contributed by atoms with Gasteiger partial charge in [0.05, 0.1) is 39.6 Å². The van der Waals surface area contributed by atoms with Crippen molar-refractivity contribution in [2.24, 2.45) is 11.6 Å². The van der Waals surface area contributed by atoms with E-state index in [4.69, 9.17) is 31.0 Å². The van der Waals surface area contributed by atoms with Gasteiger partial charge in [0, 0.05) is 69.9 Å². The normalized spacial score (nSPS) is 6.77. The molecule has 0 bridgehead atoms. The third kappa shape index (κ3) is 260. The maximum Gasteiger partial charge on any atom is 0.0932 e. The Hall–Kier alpha value is -0.560. The van der Waals surface area contributed by atoms with Crippen LogP contribution in [-0.2, 0) is 33.4 Å². The molecule has 9 N–H and O–H groups in total. The van der Waals surface area contributed by atoms with Gasteiger partial charge >= 0.3 is 0 Å². The Morgan fingerprint density at radius 2 is 0.897 bits per heavy atom. The summed E-state index contributed by atoms with van der Waals surface area (Å²) in [6, 6.07) is 0. The van der Waals surface area contributed by atoms with Crippen molar-refractivity contribution in [1.29, 1.82) is 0 Å². The molecule has 0 saturated heterocycles. The number of ether oxygens (including phenoxy) is 5. The molecule has 14 heteroatoms. The molecule has 0 saturated carbocycles. The molecule has 0 aromatic carbocycles. The molecule has 0 fully saturated rings. The number of hydrazine groups is 2. The number of hydrogen-bond acceptors (Lipinski definition) is 14. The molecule has 0 aliphatic heterocycles. The van der Waals surface area contributed by atoms with Gasteiger partial charge in [-0.2, -0.15) is 0 Å². The quantitative estimate of drug-likeness (QED) is 0.0881. The van der Waals surface area contributed by atoms with Gasteiger partial charge in [0.2, 0.25) is 0 Å². The van der Waals surface area contributed by atoms with Gasteiger partial charge in [-0.1, -0.05) is 59.4 Å². The first-order chi connectivity index (χ1) is 15.1.